The van der Waals surface area contributed by atoms with Crippen molar-refractivity contribution in [2.24, 2.45) is 10.2 Å². The van der Waals surface area contributed by atoms with Gasteiger partial charge in [-0.2, -0.15) is 13.2 Å². The van der Waals surface area contributed by atoms with Gasteiger partial charge in [0.2, 0.25) is 5.88 Å². The molecule has 0 amide bonds. The molecule has 0 aliphatic heterocycles. The summed E-state index contributed by atoms with van der Waals surface area (Å²) in [4.78, 5) is 12.6. The number of azo groups is 1. The van der Waals surface area contributed by atoms with E-state index in [0.29, 0.717) is 0 Å². The molecule has 0 atom stereocenters. The van der Waals surface area contributed by atoms with Gasteiger partial charge in [0.1, 0.15) is 0 Å². The van der Waals surface area contributed by atoms with E-state index in [4.69, 9.17) is 0 Å². The molecule has 25 heavy (non-hydrogen) atoms. The Morgan fingerprint density at radius 3 is 2.48 bits per heavy atom. The van der Waals surface area contributed by atoms with Crippen LogP contribution in [0.1, 0.15) is 5.56 Å². The summed E-state index contributed by atoms with van der Waals surface area (Å²) in [5, 5.41) is 27.7. The summed E-state index contributed by atoms with van der Waals surface area (Å²) < 4.78 is 39.5. The van der Waals surface area contributed by atoms with Gasteiger partial charge < -0.3 is 10.1 Å². The summed E-state index contributed by atoms with van der Waals surface area (Å²) in [6.07, 6.45) is -4.67. The smallest absolute Gasteiger partial charge is 0.417 e. The van der Waals surface area contributed by atoms with Crippen molar-refractivity contribution < 1.29 is 23.2 Å². The highest BCUT2D eigenvalue weighted by atomic mass is 19.4. The second-order valence-electron chi connectivity index (χ2n) is 4.99. The molecule has 0 radical (unpaired) electrons. The second-order valence-corrected chi connectivity index (χ2v) is 4.99. The Kier molecular flexibility index (Phi) is 3.87. The normalized spacial score (nSPS) is 12.1. The summed E-state index contributed by atoms with van der Waals surface area (Å²) >= 11 is 0. The molecule has 2 N–H and O–H groups in total. The van der Waals surface area contributed by atoms with Crippen LogP contribution < -0.4 is 0 Å². The van der Waals surface area contributed by atoms with E-state index in [2.05, 4.69) is 15.2 Å². The first-order valence-electron chi connectivity index (χ1n) is 6.85. The van der Waals surface area contributed by atoms with Crippen molar-refractivity contribution in [2.75, 3.05) is 0 Å². The number of halogens is 3. The zero-order valence-corrected chi connectivity index (χ0v) is 12.3. The number of hydrogen-bond donors (Lipinski definition) is 2. The number of nitro benzene ring substituents is 1. The summed E-state index contributed by atoms with van der Waals surface area (Å²) in [5.41, 5.74) is -1.93. The van der Waals surface area contributed by atoms with E-state index in [0.717, 1.165) is 6.07 Å². The van der Waals surface area contributed by atoms with Crippen LogP contribution in [-0.4, -0.2) is 15.0 Å². The van der Waals surface area contributed by atoms with Gasteiger partial charge in [0, 0.05) is 11.5 Å². The molecule has 3 rings (SSSR count). The van der Waals surface area contributed by atoms with E-state index >= 15 is 0 Å². The Hall–Kier alpha value is -3.43. The standard InChI is InChI=1S/C15H9F3N4O3/c16-15(17,18)8-4-3-6-10-12(8)13(14(23)19-10)21-20-9-5-1-2-7-11(9)22(24)25/h1-7,19,23H. The molecule has 0 fully saturated rings. The largest absolute Gasteiger partial charge is 0.493 e. The lowest BCUT2D eigenvalue weighted by atomic mass is 10.1. The van der Waals surface area contributed by atoms with Crippen molar-refractivity contribution in [3.63, 3.8) is 0 Å². The average Bonchev–Trinajstić information content (AvgIpc) is 2.87. The number of rotatable bonds is 3. The maximum atomic E-state index is 13.2. The summed E-state index contributed by atoms with van der Waals surface area (Å²) in [7, 11) is 0. The second kappa shape index (κ2) is 5.89. The number of hydrogen-bond acceptors (Lipinski definition) is 5. The fraction of sp³-hybridized carbons (Fsp3) is 0.0667. The van der Waals surface area contributed by atoms with Gasteiger partial charge in [-0.05, 0) is 18.2 Å². The van der Waals surface area contributed by atoms with Crippen molar-refractivity contribution >= 4 is 28.0 Å². The molecule has 0 aliphatic carbocycles. The predicted octanol–water partition coefficient (Wildman–Crippen LogP) is 5.22. The molecule has 2 aromatic carbocycles. The van der Waals surface area contributed by atoms with Crippen LogP contribution in [0.15, 0.2) is 52.7 Å². The van der Waals surface area contributed by atoms with Crippen LogP contribution in [0.4, 0.5) is 30.2 Å². The molecular weight excluding hydrogens is 341 g/mol. The summed E-state index contributed by atoms with van der Waals surface area (Å²) in [6.45, 7) is 0. The molecule has 128 valence electrons. The summed E-state index contributed by atoms with van der Waals surface area (Å²) in [5.74, 6) is -0.617. The quantitative estimate of drug-likeness (QED) is 0.384. The van der Waals surface area contributed by atoms with E-state index in [1.54, 1.807) is 0 Å². The SMILES string of the molecule is O=[N+]([O-])c1ccccc1N=Nc1c(O)[nH]c2cccc(C(F)(F)F)c12. The molecular formula is C15H9F3N4O3. The molecule has 0 saturated carbocycles. The minimum Gasteiger partial charge on any atom is -0.493 e. The Bertz CT molecular complexity index is 995. The van der Waals surface area contributed by atoms with Crippen molar-refractivity contribution in [1.82, 2.24) is 4.98 Å². The van der Waals surface area contributed by atoms with E-state index in [-0.39, 0.29) is 22.3 Å². The molecule has 1 heterocycles. The molecule has 0 aliphatic rings. The number of para-hydroxylation sites is 1. The first-order valence-corrected chi connectivity index (χ1v) is 6.85. The van der Waals surface area contributed by atoms with Gasteiger partial charge in [0.15, 0.2) is 11.4 Å². The maximum absolute atomic E-state index is 13.2. The molecule has 1 aromatic heterocycles. The number of H-pyrrole nitrogens is 1. The highest BCUT2D eigenvalue weighted by Gasteiger charge is 2.34. The Morgan fingerprint density at radius 2 is 1.80 bits per heavy atom. The van der Waals surface area contributed by atoms with E-state index < -0.39 is 28.2 Å². The number of nitrogens with zero attached hydrogens (tertiary/aromatic N) is 3. The number of nitrogens with one attached hydrogen (secondary N) is 1. The van der Waals surface area contributed by atoms with Crippen molar-refractivity contribution in [3.8, 4) is 5.88 Å². The van der Waals surface area contributed by atoms with Gasteiger partial charge in [-0.15, -0.1) is 10.2 Å². The Labute approximate surface area is 137 Å². The van der Waals surface area contributed by atoms with E-state index in [9.17, 15) is 28.4 Å². The Morgan fingerprint density at radius 1 is 1.08 bits per heavy atom. The van der Waals surface area contributed by atoms with E-state index in [1.807, 2.05) is 0 Å². The number of benzene rings is 2. The van der Waals surface area contributed by atoms with Crippen LogP contribution in [0, 0.1) is 10.1 Å². The molecule has 10 heteroatoms. The number of nitro groups is 1. The van der Waals surface area contributed by atoms with Gasteiger partial charge >= 0.3 is 6.18 Å². The van der Waals surface area contributed by atoms with Crippen LogP contribution in [0.5, 0.6) is 5.88 Å². The number of aromatic hydroxyl groups is 1. The molecule has 3 aromatic rings. The number of alkyl halides is 3. The fourth-order valence-electron chi connectivity index (χ4n) is 2.36. The average molecular weight is 350 g/mol. The predicted molar refractivity (Wildman–Crippen MR) is 82.2 cm³/mol. The van der Waals surface area contributed by atoms with Gasteiger partial charge in [0.25, 0.3) is 5.69 Å². The minimum absolute atomic E-state index is 0.0174. The van der Waals surface area contributed by atoms with Crippen molar-refractivity contribution in [3.05, 3.63) is 58.1 Å². The van der Waals surface area contributed by atoms with E-state index in [1.165, 1.54) is 36.4 Å². The zero-order valence-electron chi connectivity index (χ0n) is 12.3. The van der Waals surface area contributed by atoms with Gasteiger partial charge in [-0.25, -0.2) is 0 Å². The van der Waals surface area contributed by atoms with Gasteiger partial charge in [0.05, 0.1) is 16.0 Å². The van der Waals surface area contributed by atoms with Crippen LogP contribution in [0.2, 0.25) is 0 Å². The van der Waals surface area contributed by atoms with Crippen LogP contribution in [0.3, 0.4) is 0 Å². The van der Waals surface area contributed by atoms with Gasteiger partial charge in [-0.3, -0.25) is 10.1 Å². The molecule has 0 spiro atoms. The number of fused-ring (bicyclic) bond motifs is 1. The lowest BCUT2D eigenvalue weighted by Crippen LogP contribution is -2.04. The summed E-state index contributed by atoms with van der Waals surface area (Å²) in [6, 6.07) is 8.74. The third-order valence-corrected chi connectivity index (χ3v) is 3.42. The fourth-order valence-corrected chi connectivity index (χ4v) is 2.36. The maximum Gasteiger partial charge on any atom is 0.417 e. The third kappa shape index (κ3) is 3.01. The molecule has 7 nitrogen and oxygen atoms in total. The van der Waals surface area contributed by atoms with Crippen molar-refractivity contribution in [2.45, 2.75) is 6.18 Å². The molecule has 0 bridgehead atoms. The topological polar surface area (TPSA) is 104 Å². The zero-order chi connectivity index (χ0) is 18.2. The Balaban J connectivity index is 2.17. The van der Waals surface area contributed by atoms with Crippen LogP contribution in [0.25, 0.3) is 10.9 Å². The lowest BCUT2D eigenvalue weighted by Gasteiger charge is -2.07. The van der Waals surface area contributed by atoms with Gasteiger partial charge in [-0.1, -0.05) is 18.2 Å². The third-order valence-electron chi connectivity index (χ3n) is 3.42. The van der Waals surface area contributed by atoms with Crippen LogP contribution in [-0.2, 0) is 6.18 Å². The number of aromatic amines is 1. The lowest BCUT2D eigenvalue weighted by molar-refractivity contribution is -0.384. The molecule has 0 unspecified atom stereocenters. The monoisotopic (exact) mass is 350 g/mol. The molecule has 0 saturated heterocycles. The first kappa shape index (κ1) is 16.4. The highest BCUT2D eigenvalue weighted by molar-refractivity contribution is 5.97. The van der Waals surface area contributed by atoms with Crippen molar-refractivity contribution in [1.29, 1.82) is 0 Å². The van der Waals surface area contributed by atoms with Crippen LogP contribution >= 0.6 is 0 Å². The number of aromatic nitrogens is 1. The minimum atomic E-state index is -4.67. The highest BCUT2D eigenvalue weighted by Crippen LogP contribution is 2.44. The first-order chi connectivity index (χ1) is 11.8.